The largest absolute Gasteiger partial charge is 0.362 e. The highest BCUT2D eigenvalue weighted by molar-refractivity contribution is 7.10. The van der Waals surface area contributed by atoms with Crippen LogP contribution in [0.1, 0.15) is 42.4 Å². The molecule has 3 nitrogen and oxygen atoms in total. The number of nitrogens with zero attached hydrogens (tertiary/aromatic N) is 2. The molecule has 0 saturated carbocycles. The smallest absolute Gasteiger partial charge is 0.133 e. The molecule has 0 amide bonds. The lowest BCUT2D eigenvalue weighted by Gasteiger charge is -2.23. The normalized spacial score (nSPS) is 15.5. The average Bonchev–Trinajstić information content (AvgIpc) is 3.06. The van der Waals surface area contributed by atoms with Crippen LogP contribution in [0.5, 0.6) is 0 Å². The highest BCUT2D eigenvalue weighted by atomic mass is 32.1. The summed E-state index contributed by atoms with van der Waals surface area (Å²) in [5.74, 6) is 1.57. The van der Waals surface area contributed by atoms with E-state index in [9.17, 15) is 0 Å². The van der Waals surface area contributed by atoms with Crippen LogP contribution < -0.4 is 5.32 Å². The van der Waals surface area contributed by atoms with Crippen LogP contribution in [0, 0.1) is 5.92 Å². The van der Waals surface area contributed by atoms with E-state index < -0.39 is 0 Å². The van der Waals surface area contributed by atoms with Gasteiger partial charge < -0.3 is 5.32 Å². The van der Waals surface area contributed by atoms with Crippen molar-refractivity contribution in [3.05, 3.63) is 40.0 Å². The molecule has 1 unspecified atom stereocenters. The summed E-state index contributed by atoms with van der Waals surface area (Å²) >= 11 is 1.81. The SMILES string of the molecule is CC(C)C(Nc1ncnc2c1CCC2)c1cccs1. The number of fused-ring (bicyclic) bond motifs is 1. The Hall–Kier alpha value is -1.42. The maximum atomic E-state index is 4.46. The molecule has 0 fully saturated rings. The molecule has 100 valence electrons. The molecule has 0 aliphatic heterocycles. The number of hydrogen-bond acceptors (Lipinski definition) is 4. The van der Waals surface area contributed by atoms with Gasteiger partial charge in [-0.25, -0.2) is 9.97 Å². The molecule has 4 heteroatoms. The third kappa shape index (κ3) is 2.50. The van der Waals surface area contributed by atoms with Crippen LogP contribution >= 0.6 is 11.3 Å². The predicted octanol–water partition coefficient (Wildman–Crippen LogP) is 3.84. The molecule has 0 bridgehead atoms. The summed E-state index contributed by atoms with van der Waals surface area (Å²) in [6, 6.07) is 4.64. The lowest BCUT2D eigenvalue weighted by molar-refractivity contribution is 0.551. The van der Waals surface area contributed by atoms with E-state index >= 15 is 0 Å². The minimum Gasteiger partial charge on any atom is -0.362 e. The second-order valence-corrected chi connectivity index (χ2v) is 6.36. The Morgan fingerprint density at radius 1 is 1.26 bits per heavy atom. The number of thiophene rings is 1. The van der Waals surface area contributed by atoms with E-state index in [0.717, 1.165) is 18.7 Å². The molecule has 1 aliphatic carbocycles. The van der Waals surface area contributed by atoms with Crippen molar-refractivity contribution in [1.29, 1.82) is 0 Å². The van der Waals surface area contributed by atoms with E-state index in [4.69, 9.17) is 0 Å². The first-order valence-corrected chi connectivity index (χ1v) is 7.76. The lowest BCUT2D eigenvalue weighted by atomic mass is 10.0. The maximum absolute atomic E-state index is 4.46. The van der Waals surface area contributed by atoms with Crippen molar-refractivity contribution in [3.8, 4) is 0 Å². The van der Waals surface area contributed by atoms with Crippen LogP contribution in [-0.4, -0.2) is 9.97 Å². The third-order valence-corrected chi connectivity index (χ3v) is 4.64. The highest BCUT2D eigenvalue weighted by Gasteiger charge is 2.22. The molecule has 3 rings (SSSR count). The van der Waals surface area contributed by atoms with Gasteiger partial charge in [-0.1, -0.05) is 19.9 Å². The fraction of sp³-hybridized carbons (Fsp3) is 0.467. The van der Waals surface area contributed by atoms with Gasteiger partial charge in [-0.15, -0.1) is 11.3 Å². The van der Waals surface area contributed by atoms with Gasteiger partial charge in [-0.05, 0) is 36.6 Å². The summed E-state index contributed by atoms with van der Waals surface area (Å²) in [7, 11) is 0. The van der Waals surface area contributed by atoms with Crippen molar-refractivity contribution in [2.75, 3.05) is 5.32 Å². The molecule has 0 saturated heterocycles. The van der Waals surface area contributed by atoms with Gasteiger partial charge in [0.25, 0.3) is 0 Å². The van der Waals surface area contributed by atoms with Gasteiger partial charge in [-0.2, -0.15) is 0 Å². The zero-order valence-corrected chi connectivity index (χ0v) is 12.2. The van der Waals surface area contributed by atoms with Crippen molar-refractivity contribution in [1.82, 2.24) is 9.97 Å². The standard InChI is InChI=1S/C15H19N3S/c1-10(2)14(13-7-4-8-19-13)18-15-11-5-3-6-12(11)16-9-17-15/h4,7-10,14H,3,5-6H2,1-2H3,(H,16,17,18). The van der Waals surface area contributed by atoms with Gasteiger partial charge in [0, 0.05) is 16.1 Å². The Morgan fingerprint density at radius 2 is 2.16 bits per heavy atom. The summed E-state index contributed by atoms with van der Waals surface area (Å²) in [6.07, 6.45) is 5.10. The van der Waals surface area contributed by atoms with E-state index in [1.54, 1.807) is 17.7 Å². The van der Waals surface area contributed by atoms with Crippen molar-refractivity contribution >= 4 is 17.2 Å². The topological polar surface area (TPSA) is 37.8 Å². The van der Waals surface area contributed by atoms with Crippen LogP contribution in [-0.2, 0) is 12.8 Å². The number of hydrogen-bond donors (Lipinski definition) is 1. The van der Waals surface area contributed by atoms with E-state index in [0.29, 0.717) is 12.0 Å². The van der Waals surface area contributed by atoms with Gasteiger partial charge in [0.05, 0.1) is 6.04 Å². The Labute approximate surface area is 118 Å². The highest BCUT2D eigenvalue weighted by Crippen LogP contribution is 2.32. The summed E-state index contributed by atoms with van der Waals surface area (Å²) in [5.41, 5.74) is 2.55. The molecule has 2 aromatic heterocycles. The summed E-state index contributed by atoms with van der Waals surface area (Å²) in [4.78, 5) is 10.2. The van der Waals surface area contributed by atoms with Gasteiger partial charge in [-0.3, -0.25) is 0 Å². The van der Waals surface area contributed by atoms with E-state index in [-0.39, 0.29) is 0 Å². The molecule has 1 atom stereocenters. The van der Waals surface area contributed by atoms with Crippen LogP contribution in [0.15, 0.2) is 23.8 Å². The monoisotopic (exact) mass is 273 g/mol. The second kappa shape index (κ2) is 5.29. The molecule has 1 N–H and O–H groups in total. The third-order valence-electron chi connectivity index (χ3n) is 3.68. The van der Waals surface area contributed by atoms with Crippen LogP contribution in [0.2, 0.25) is 0 Å². The van der Waals surface area contributed by atoms with Crippen molar-refractivity contribution in [2.24, 2.45) is 5.92 Å². The lowest BCUT2D eigenvalue weighted by Crippen LogP contribution is -2.17. The first kappa shape index (κ1) is 12.6. The number of anilines is 1. The first-order chi connectivity index (χ1) is 9.25. The Morgan fingerprint density at radius 3 is 2.89 bits per heavy atom. The first-order valence-electron chi connectivity index (χ1n) is 6.88. The molecular formula is C15H19N3S. The Kier molecular flexibility index (Phi) is 3.51. The van der Waals surface area contributed by atoms with Gasteiger partial charge in [0.1, 0.15) is 12.1 Å². The quantitative estimate of drug-likeness (QED) is 0.919. The minimum absolute atomic E-state index is 0.333. The number of rotatable bonds is 4. The van der Waals surface area contributed by atoms with Crippen molar-refractivity contribution in [2.45, 2.75) is 39.2 Å². The van der Waals surface area contributed by atoms with E-state index in [1.165, 1.54) is 22.6 Å². The van der Waals surface area contributed by atoms with Crippen LogP contribution in [0.3, 0.4) is 0 Å². The zero-order chi connectivity index (χ0) is 13.2. The molecule has 0 radical (unpaired) electrons. The molecule has 19 heavy (non-hydrogen) atoms. The van der Waals surface area contributed by atoms with Gasteiger partial charge >= 0.3 is 0 Å². The zero-order valence-electron chi connectivity index (χ0n) is 11.4. The number of nitrogens with one attached hydrogen (secondary N) is 1. The second-order valence-electron chi connectivity index (χ2n) is 5.38. The molecule has 0 spiro atoms. The van der Waals surface area contributed by atoms with E-state index in [2.05, 4.69) is 46.6 Å². The molecule has 2 aromatic rings. The summed E-state index contributed by atoms with van der Waals surface area (Å²) in [6.45, 7) is 4.50. The Bertz CT molecular complexity index is 549. The average molecular weight is 273 g/mol. The van der Waals surface area contributed by atoms with Crippen LogP contribution in [0.4, 0.5) is 5.82 Å². The minimum atomic E-state index is 0.333. The summed E-state index contributed by atoms with van der Waals surface area (Å²) in [5, 5.41) is 5.78. The molecule has 2 heterocycles. The fourth-order valence-corrected chi connectivity index (χ4v) is 3.61. The number of aryl methyl sites for hydroxylation is 1. The molecule has 1 aliphatic rings. The number of aromatic nitrogens is 2. The summed E-state index contributed by atoms with van der Waals surface area (Å²) < 4.78 is 0. The molecular weight excluding hydrogens is 254 g/mol. The maximum Gasteiger partial charge on any atom is 0.133 e. The van der Waals surface area contributed by atoms with E-state index in [1.807, 2.05) is 0 Å². The van der Waals surface area contributed by atoms with Crippen molar-refractivity contribution < 1.29 is 0 Å². The van der Waals surface area contributed by atoms with Crippen molar-refractivity contribution in [3.63, 3.8) is 0 Å². The predicted molar refractivity (Wildman–Crippen MR) is 79.6 cm³/mol. The Balaban J connectivity index is 1.89. The van der Waals surface area contributed by atoms with Gasteiger partial charge in [0.2, 0.25) is 0 Å². The fourth-order valence-electron chi connectivity index (χ4n) is 2.67. The molecule has 0 aromatic carbocycles. The van der Waals surface area contributed by atoms with Gasteiger partial charge in [0.15, 0.2) is 0 Å². The van der Waals surface area contributed by atoms with Crippen LogP contribution in [0.25, 0.3) is 0 Å².